The lowest BCUT2D eigenvalue weighted by Crippen LogP contribution is -2.28. The number of halogens is 1. The van der Waals surface area contributed by atoms with E-state index < -0.39 is 11.0 Å². The number of anilines is 1. The predicted molar refractivity (Wildman–Crippen MR) is 60.2 cm³/mol. The van der Waals surface area contributed by atoms with Gasteiger partial charge in [-0.2, -0.15) is 0 Å². The quantitative estimate of drug-likeness (QED) is 0.539. The molecule has 0 saturated carbocycles. The minimum Gasteiger partial charge on any atom is -0.394 e. The zero-order valence-corrected chi connectivity index (χ0v) is 9.72. The van der Waals surface area contributed by atoms with E-state index in [9.17, 15) is 10.1 Å². The van der Waals surface area contributed by atoms with Crippen LogP contribution in [-0.4, -0.2) is 39.4 Å². The molecule has 1 heterocycles. The van der Waals surface area contributed by atoms with Gasteiger partial charge in [-0.15, -0.1) is 0 Å². The van der Waals surface area contributed by atoms with Gasteiger partial charge in [0.1, 0.15) is 12.0 Å². The Morgan fingerprint density at radius 3 is 2.62 bits per heavy atom. The van der Waals surface area contributed by atoms with Gasteiger partial charge in [-0.1, -0.05) is 0 Å². The summed E-state index contributed by atoms with van der Waals surface area (Å²) >= 11 is 3.11. The van der Waals surface area contributed by atoms with Crippen LogP contribution in [-0.2, 0) is 0 Å². The Morgan fingerprint density at radius 1 is 1.56 bits per heavy atom. The number of hydrogen-bond donors (Lipinski definition) is 3. The molecule has 1 aromatic heterocycles. The van der Waals surface area contributed by atoms with Gasteiger partial charge in [0.15, 0.2) is 0 Å². The number of rotatable bonds is 5. The number of hydrogen-bond acceptors (Lipinski definition) is 6. The number of aliphatic hydroxyl groups is 2. The average molecular weight is 292 g/mol. The van der Waals surface area contributed by atoms with Crippen molar-refractivity contribution in [2.24, 2.45) is 0 Å². The van der Waals surface area contributed by atoms with Crippen molar-refractivity contribution >= 4 is 27.4 Å². The number of aromatic nitrogens is 1. The molecule has 0 amide bonds. The van der Waals surface area contributed by atoms with Gasteiger partial charge in [0, 0.05) is 6.07 Å². The van der Waals surface area contributed by atoms with Gasteiger partial charge in [-0.25, -0.2) is 4.98 Å². The smallest absolute Gasteiger partial charge is 0.288 e. The van der Waals surface area contributed by atoms with Gasteiger partial charge in [-0.05, 0) is 15.9 Å². The zero-order chi connectivity index (χ0) is 12.1. The van der Waals surface area contributed by atoms with Crippen molar-refractivity contribution in [3.63, 3.8) is 0 Å². The summed E-state index contributed by atoms with van der Waals surface area (Å²) in [6, 6.07) is 0.742. The zero-order valence-electron chi connectivity index (χ0n) is 8.13. The highest BCUT2D eigenvalue weighted by Gasteiger charge is 2.13. The van der Waals surface area contributed by atoms with Crippen molar-refractivity contribution in [1.29, 1.82) is 0 Å². The van der Waals surface area contributed by atoms with Crippen LogP contribution in [0.4, 0.5) is 11.5 Å². The molecule has 0 atom stereocenters. The van der Waals surface area contributed by atoms with E-state index in [0.717, 1.165) is 6.20 Å². The molecule has 0 saturated heterocycles. The molecule has 0 bridgehead atoms. The van der Waals surface area contributed by atoms with Gasteiger partial charge in [0.2, 0.25) is 0 Å². The van der Waals surface area contributed by atoms with Gasteiger partial charge in [-0.3, -0.25) is 10.1 Å². The normalized spacial score (nSPS) is 10.5. The first-order chi connectivity index (χ1) is 7.58. The lowest BCUT2D eigenvalue weighted by molar-refractivity contribution is -0.385. The molecule has 16 heavy (non-hydrogen) atoms. The minimum atomic E-state index is -0.558. The molecule has 88 valence electrons. The summed E-state index contributed by atoms with van der Waals surface area (Å²) in [5, 5.41) is 30.9. The molecule has 7 nitrogen and oxygen atoms in total. The van der Waals surface area contributed by atoms with Crippen molar-refractivity contribution in [3.05, 3.63) is 26.9 Å². The van der Waals surface area contributed by atoms with E-state index in [-0.39, 0.29) is 18.9 Å². The Labute approximate surface area is 99.4 Å². The molecular weight excluding hydrogens is 282 g/mol. The van der Waals surface area contributed by atoms with Crippen molar-refractivity contribution in [1.82, 2.24) is 4.98 Å². The summed E-state index contributed by atoms with van der Waals surface area (Å²) in [5.74, 6) is 0.332. The van der Waals surface area contributed by atoms with E-state index in [2.05, 4.69) is 26.2 Å². The van der Waals surface area contributed by atoms with E-state index in [0.29, 0.717) is 10.3 Å². The lowest BCUT2D eigenvalue weighted by Gasteiger charge is -2.14. The number of aliphatic hydroxyl groups excluding tert-OH is 2. The van der Waals surface area contributed by atoms with E-state index in [1.54, 1.807) is 0 Å². The van der Waals surface area contributed by atoms with Crippen LogP contribution in [0.15, 0.2) is 16.7 Å². The van der Waals surface area contributed by atoms with Crippen molar-refractivity contribution < 1.29 is 15.1 Å². The third kappa shape index (κ3) is 3.12. The number of pyridine rings is 1. The summed E-state index contributed by atoms with van der Waals surface area (Å²) < 4.78 is 0.397. The van der Waals surface area contributed by atoms with Crippen LogP contribution in [0.2, 0.25) is 0 Å². The Bertz CT molecular complexity index is 384. The molecule has 0 fully saturated rings. The third-order valence-corrected chi connectivity index (χ3v) is 2.42. The highest BCUT2D eigenvalue weighted by Crippen LogP contribution is 2.24. The monoisotopic (exact) mass is 291 g/mol. The predicted octanol–water partition coefficient (Wildman–Crippen LogP) is 0.517. The van der Waals surface area contributed by atoms with Crippen LogP contribution in [0.3, 0.4) is 0 Å². The van der Waals surface area contributed by atoms with Gasteiger partial charge in [0.05, 0.1) is 28.7 Å². The van der Waals surface area contributed by atoms with Crippen LogP contribution >= 0.6 is 15.9 Å². The maximum Gasteiger partial charge on any atom is 0.288 e. The Morgan fingerprint density at radius 2 is 2.19 bits per heavy atom. The van der Waals surface area contributed by atoms with Crippen molar-refractivity contribution in [2.75, 3.05) is 18.5 Å². The molecule has 0 aromatic carbocycles. The van der Waals surface area contributed by atoms with Crippen molar-refractivity contribution in [3.8, 4) is 0 Å². The largest absolute Gasteiger partial charge is 0.394 e. The second-order valence-electron chi connectivity index (χ2n) is 2.99. The number of nitrogens with zero attached hydrogens (tertiary/aromatic N) is 2. The summed E-state index contributed by atoms with van der Waals surface area (Å²) in [6.45, 7) is -0.525. The standard InChI is InChI=1S/C8H10BrN3O4/c9-7-1-6(12(15)16)2-10-8(7)11-5(3-13)4-14/h1-2,5,13-14H,3-4H2,(H,10,11). The minimum absolute atomic E-state index is 0.137. The Kier molecular flexibility index (Phi) is 4.59. The molecule has 3 N–H and O–H groups in total. The molecule has 0 aliphatic carbocycles. The van der Waals surface area contributed by atoms with Crippen LogP contribution in [0.5, 0.6) is 0 Å². The van der Waals surface area contributed by atoms with Crippen LogP contribution in [0, 0.1) is 10.1 Å². The SMILES string of the molecule is O=[N+]([O-])c1cnc(NC(CO)CO)c(Br)c1. The van der Waals surface area contributed by atoms with E-state index in [1.807, 2.05) is 0 Å². The number of nitrogens with one attached hydrogen (secondary N) is 1. The fourth-order valence-corrected chi connectivity index (χ4v) is 1.43. The maximum atomic E-state index is 10.4. The summed E-state index contributed by atoms with van der Waals surface area (Å²) in [4.78, 5) is 13.7. The first kappa shape index (κ1) is 12.8. The van der Waals surface area contributed by atoms with E-state index >= 15 is 0 Å². The molecule has 0 unspecified atom stereocenters. The summed E-state index contributed by atoms with van der Waals surface area (Å²) in [5.41, 5.74) is -0.137. The fourth-order valence-electron chi connectivity index (χ4n) is 0.976. The highest BCUT2D eigenvalue weighted by molar-refractivity contribution is 9.10. The van der Waals surface area contributed by atoms with Gasteiger partial charge >= 0.3 is 0 Å². The van der Waals surface area contributed by atoms with Crippen LogP contribution in [0.25, 0.3) is 0 Å². The fraction of sp³-hybridized carbons (Fsp3) is 0.375. The second kappa shape index (κ2) is 5.73. The van der Waals surface area contributed by atoms with Gasteiger partial charge in [0.25, 0.3) is 5.69 Å². The molecule has 0 radical (unpaired) electrons. The lowest BCUT2D eigenvalue weighted by atomic mass is 10.3. The maximum absolute atomic E-state index is 10.4. The Balaban J connectivity index is 2.86. The topological polar surface area (TPSA) is 109 Å². The van der Waals surface area contributed by atoms with Crippen molar-refractivity contribution in [2.45, 2.75) is 6.04 Å². The Hall–Kier alpha value is -1.25. The first-order valence-corrected chi connectivity index (χ1v) is 5.16. The van der Waals surface area contributed by atoms with Gasteiger partial charge < -0.3 is 15.5 Å². The van der Waals surface area contributed by atoms with Crippen LogP contribution in [0.1, 0.15) is 0 Å². The van der Waals surface area contributed by atoms with E-state index in [1.165, 1.54) is 6.07 Å². The molecule has 1 rings (SSSR count). The average Bonchev–Trinajstić information content (AvgIpc) is 2.27. The summed E-state index contributed by atoms with van der Waals surface area (Å²) in [7, 11) is 0. The molecular formula is C8H10BrN3O4. The second-order valence-corrected chi connectivity index (χ2v) is 3.84. The third-order valence-electron chi connectivity index (χ3n) is 1.82. The summed E-state index contributed by atoms with van der Waals surface area (Å²) in [6.07, 6.45) is 1.10. The molecule has 1 aromatic rings. The first-order valence-electron chi connectivity index (χ1n) is 4.36. The van der Waals surface area contributed by atoms with Crippen LogP contribution < -0.4 is 5.32 Å². The molecule has 0 aliphatic heterocycles. The van der Waals surface area contributed by atoms with E-state index in [4.69, 9.17) is 10.2 Å². The number of nitro groups is 1. The highest BCUT2D eigenvalue weighted by atomic mass is 79.9. The molecule has 0 aliphatic rings. The molecule has 8 heteroatoms. The molecule has 0 spiro atoms.